The second kappa shape index (κ2) is 4.19. The van der Waals surface area contributed by atoms with Crippen molar-refractivity contribution in [1.82, 2.24) is 10.1 Å². The van der Waals surface area contributed by atoms with Crippen molar-refractivity contribution in [3.63, 3.8) is 0 Å². The van der Waals surface area contributed by atoms with Crippen LogP contribution in [0.5, 0.6) is 0 Å². The topological polar surface area (TPSA) is 59.2 Å². The molecule has 0 aliphatic carbocycles. The summed E-state index contributed by atoms with van der Waals surface area (Å²) in [4.78, 5) is 4.03. The summed E-state index contributed by atoms with van der Waals surface area (Å²) in [6, 6.07) is 10.0. The van der Waals surface area contributed by atoms with E-state index in [4.69, 9.17) is 9.63 Å². The minimum Gasteiger partial charge on any atom is -0.387 e. The van der Waals surface area contributed by atoms with Crippen LogP contribution in [0.3, 0.4) is 0 Å². The molecule has 0 saturated carbocycles. The van der Waals surface area contributed by atoms with Gasteiger partial charge in [0.05, 0.1) is 0 Å². The number of aliphatic hydroxyl groups excluding tert-OH is 1. The van der Waals surface area contributed by atoms with E-state index in [0.717, 1.165) is 0 Å². The third kappa shape index (κ3) is 1.65. The fraction of sp³-hybridized carbons (Fsp3) is 0.0769. The second-order valence-corrected chi connectivity index (χ2v) is 3.81. The van der Waals surface area contributed by atoms with Gasteiger partial charge in [-0.3, -0.25) is 0 Å². The molecule has 0 atom stereocenters. The molecular formula is C13H9FN2O2. The summed E-state index contributed by atoms with van der Waals surface area (Å²) in [5.74, 6) is 0.189. The van der Waals surface area contributed by atoms with E-state index >= 15 is 0 Å². The number of aliphatic hydroxyl groups is 1. The predicted molar refractivity (Wildman–Crippen MR) is 63.1 cm³/mol. The first-order chi connectivity index (χ1) is 8.79. The number of aromatic nitrogens is 2. The van der Waals surface area contributed by atoms with E-state index in [2.05, 4.69) is 10.1 Å². The zero-order chi connectivity index (χ0) is 12.5. The standard InChI is InChI=1S/C13H9FN2O2/c14-11-6-5-10(8-3-1-2-4-9(8)11)13-15-12(7-17)18-16-13/h1-6,17H,7H2. The van der Waals surface area contributed by atoms with Crippen molar-refractivity contribution >= 4 is 10.8 Å². The Morgan fingerprint density at radius 3 is 2.61 bits per heavy atom. The molecule has 0 radical (unpaired) electrons. The van der Waals surface area contributed by atoms with Crippen LogP contribution < -0.4 is 0 Å². The van der Waals surface area contributed by atoms with Gasteiger partial charge in [-0.1, -0.05) is 29.4 Å². The average Bonchev–Trinajstić information content (AvgIpc) is 2.88. The van der Waals surface area contributed by atoms with E-state index in [9.17, 15) is 4.39 Å². The van der Waals surface area contributed by atoms with Crippen LogP contribution in [0.15, 0.2) is 40.9 Å². The van der Waals surface area contributed by atoms with E-state index in [1.165, 1.54) is 6.07 Å². The molecule has 0 fully saturated rings. The Hall–Kier alpha value is -2.27. The molecule has 1 heterocycles. The van der Waals surface area contributed by atoms with E-state index in [1.807, 2.05) is 6.07 Å². The fourth-order valence-corrected chi connectivity index (χ4v) is 1.89. The molecule has 5 heteroatoms. The molecule has 18 heavy (non-hydrogen) atoms. The van der Waals surface area contributed by atoms with Gasteiger partial charge >= 0.3 is 0 Å². The summed E-state index contributed by atoms with van der Waals surface area (Å²) in [7, 11) is 0. The van der Waals surface area contributed by atoms with Gasteiger partial charge in [0.15, 0.2) is 0 Å². The second-order valence-electron chi connectivity index (χ2n) is 3.81. The first-order valence-electron chi connectivity index (χ1n) is 5.40. The highest BCUT2D eigenvalue weighted by Gasteiger charge is 2.12. The number of halogens is 1. The summed E-state index contributed by atoms with van der Waals surface area (Å²) in [6.07, 6.45) is 0. The normalized spacial score (nSPS) is 11.0. The highest BCUT2D eigenvalue weighted by Crippen LogP contribution is 2.28. The first kappa shape index (κ1) is 10.9. The van der Waals surface area contributed by atoms with Crippen molar-refractivity contribution in [2.75, 3.05) is 0 Å². The molecule has 2 aromatic carbocycles. The summed E-state index contributed by atoms with van der Waals surface area (Å²) in [5.41, 5.74) is 0.676. The zero-order valence-electron chi connectivity index (χ0n) is 9.30. The SMILES string of the molecule is OCc1nc(-c2ccc(F)c3ccccc23)no1. The third-order valence-electron chi connectivity index (χ3n) is 2.72. The molecule has 90 valence electrons. The van der Waals surface area contributed by atoms with Crippen LogP contribution in [-0.4, -0.2) is 15.2 Å². The van der Waals surface area contributed by atoms with Crippen molar-refractivity contribution in [3.8, 4) is 11.4 Å². The third-order valence-corrected chi connectivity index (χ3v) is 2.72. The molecule has 0 aliphatic rings. The average molecular weight is 244 g/mol. The maximum absolute atomic E-state index is 13.6. The summed E-state index contributed by atoms with van der Waals surface area (Å²) < 4.78 is 18.5. The number of benzene rings is 2. The fourth-order valence-electron chi connectivity index (χ4n) is 1.89. The van der Waals surface area contributed by atoms with E-state index in [1.54, 1.807) is 24.3 Å². The van der Waals surface area contributed by atoms with E-state index in [0.29, 0.717) is 22.2 Å². The lowest BCUT2D eigenvalue weighted by Crippen LogP contribution is -1.87. The van der Waals surface area contributed by atoms with Crippen molar-refractivity contribution < 1.29 is 14.0 Å². The lowest BCUT2D eigenvalue weighted by molar-refractivity contribution is 0.222. The number of rotatable bonds is 2. The van der Waals surface area contributed by atoms with E-state index < -0.39 is 0 Å². The predicted octanol–water partition coefficient (Wildman–Crippen LogP) is 2.52. The summed E-state index contributed by atoms with van der Waals surface area (Å²) in [5, 5.41) is 13.9. The molecule has 0 spiro atoms. The number of hydrogen-bond donors (Lipinski definition) is 1. The van der Waals surface area contributed by atoms with Gasteiger partial charge in [0.1, 0.15) is 12.4 Å². The van der Waals surface area contributed by atoms with Gasteiger partial charge in [0.2, 0.25) is 5.82 Å². The highest BCUT2D eigenvalue weighted by molar-refractivity contribution is 5.95. The van der Waals surface area contributed by atoms with Crippen LogP contribution in [0.4, 0.5) is 4.39 Å². The first-order valence-corrected chi connectivity index (χ1v) is 5.40. The van der Waals surface area contributed by atoms with Gasteiger partial charge in [0.25, 0.3) is 5.89 Å². The van der Waals surface area contributed by atoms with Crippen LogP contribution in [0.1, 0.15) is 5.89 Å². The summed E-state index contributed by atoms with van der Waals surface area (Å²) >= 11 is 0. The molecular weight excluding hydrogens is 235 g/mol. The smallest absolute Gasteiger partial charge is 0.252 e. The molecule has 0 aliphatic heterocycles. The molecule has 1 N–H and O–H groups in total. The monoisotopic (exact) mass is 244 g/mol. The highest BCUT2D eigenvalue weighted by atomic mass is 19.1. The maximum Gasteiger partial charge on any atom is 0.252 e. The largest absolute Gasteiger partial charge is 0.387 e. The van der Waals surface area contributed by atoms with Crippen LogP contribution in [0.25, 0.3) is 22.2 Å². The van der Waals surface area contributed by atoms with E-state index in [-0.39, 0.29) is 18.3 Å². The Bertz CT molecular complexity index is 709. The van der Waals surface area contributed by atoms with Gasteiger partial charge < -0.3 is 9.63 Å². The lowest BCUT2D eigenvalue weighted by Gasteiger charge is -2.03. The molecule has 0 amide bonds. The molecule has 4 nitrogen and oxygen atoms in total. The van der Waals surface area contributed by atoms with Crippen molar-refractivity contribution in [2.45, 2.75) is 6.61 Å². The Morgan fingerprint density at radius 1 is 1.11 bits per heavy atom. The Labute approximate surface area is 102 Å². The van der Waals surface area contributed by atoms with Crippen LogP contribution >= 0.6 is 0 Å². The van der Waals surface area contributed by atoms with Gasteiger partial charge in [-0.2, -0.15) is 4.98 Å². The van der Waals surface area contributed by atoms with Crippen LogP contribution in [0, 0.1) is 5.82 Å². The number of nitrogens with zero attached hydrogens (tertiary/aromatic N) is 2. The van der Waals surface area contributed by atoms with Gasteiger partial charge in [-0.25, -0.2) is 4.39 Å². The number of fused-ring (bicyclic) bond motifs is 1. The zero-order valence-corrected chi connectivity index (χ0v) is 9.30. The van der Waals surface area contributed by atoms with Crippen molar-refractivity contribution in [3.05, 3.63) is 48.1 Å². The molecule has 0 unspecified atom stereocenters. The molecule has 3 aromatic rings. The molecule has 1 aromatic heterocycles. The minimum atomic E-state index is -0.313. The van der Waals surface area contributed by atoms with Gasteiger partial charge in [-0.15, -0.1) is 0 Å². The molecule has 0 bridgehead atoms. The Balaban J connectivity index is 2.26. The van der Waals surface area contributed by atoms with Crippen molar-refractivity contribution in [1.29, 1.82) is 0 Å². The van der Waals surface area contributed by atoms with Gasteiger partial charge in [0, 0.05) is 10.9 Å². The van der Waals surface area contributed by atoms with Crippen LogP contribution in [-0.2, 0) is 6.61 Å². The summed E-state index contributed by atoms with van der Waals surface area (Å²) in [6.45, 7) is -0.313. The Kier molecular flexibility index (Phi) is 2.53. The maximum atomic E-state index is 13.6. The quantitative estimate of drug-likeness (QED) is 0.752. The number of hydrogen-bond acceptors (Lipinski definition) is 4. The lowest BCUT2D eigenvalue weighted by atomic mass is 10.0. The minimum absolute atomic E-state index is 0.137. The van der Waals surface area contributed by atoms with Crippen LogP contribution in [0.2, 0.25) is 0 Å². The van der Waals surface area contributed by atoms with Gasteiger partial charge in [-0.05, 0) is 17.5 Å². The molecule has 0 saturated heterocycles. The molecule has 3 rings (SSSR count). The van der Waals surface area contributed by atoms with Crippen molar-refractivity contribution in [2.24, 2.45) is 0 Å². The Morgan fingerprint density at radius 2 is 1.89 bits per heavy atom.